The lowest BCUT2D eigenvalue weighted by Crippen LogP contribution is -3.14. The van der Waals surface area contributed by atoms with Gasteiger partial charge in [0, 0.05) is 5.56 Å². The third kappa shape index (κ3) is 5.05. The topological polar surface area (TPSA) is 55.9 Å². The van der Waals surface area contributed by atoms with Gasteiger partial charge in [-0.15, -0.1) is 0 Å². The van der Waals surface area contributed by atoms with Gasteiger partial charge in [-0.2, -0.15) is 10.4 Å². The molecule has 2 aromatic rings. The lowest BCUT2D eigenvalue weighted by atomic mass is 10.1. The van der Waals surface area contributed by atoms with Gasteiger partial charge >= 0.3 is 0 Å². The van der Waals surface area contributed by atoms with Gasteiger partial charge in [0.1, 0.15) is 11.6 Å². The van der Waals surface area contributed by atoms with Gasteiger partial charge in [0.05, 0.1) is 62.3 Å². The first-order chi connectivity index (χ1) is 13.6. The molecule has 2 aromatic carbocycles. The Hall–Kier alpha value is -2.98. The van der Waals surface area contributed by atoms with Crippen molar-refractivity contribution in [2.75, 3.05) is 43.0 Å². The molecule has 5 nitrogen and oxygen atoms in total. The number of halogens is 2. The molecular formula is C21H24F2N5+. The number of nitrogens with zero attached hydrogens (tertiary/aromatic N) is 3. The van der Waals surface area contributed by atoms with E-state index in [0.29, 0.717) is 29.1 Å². The van der Waals surface area contributed by atoms with Crippen molar-refractivity contribution in [3.8, 4) is 6.07 Å². The Kier molecular flexibility index (Phi) is 6.56. The van der Waals surface area contributed by atoms with Gasteiger partial charge in [0.2, 0.25) is 0 Å². The largest absolute Gasteiger partial charge is 0.358 e. The molecule has 146 valence electrons. The number of benzene rings is 2. The second kappa shape index (κ2) is 9.29. The van der Waals surface area contributed by atoms with Crippen molar-refractivity contribution >= 4 is 17.1 Å². The molecule has 2 N–H and O–H groups in total. The second-order valence-electron chi connectivity index (χ2n) is 6.88. The van der Waals surface area contributed by atoms with E-state index in [9.17, 15) is 8.78 Å². The monoisotopic (exact) mass is 384 g/mol. The lowest BCUT2D eigenvalue weighted by Gasteiger charge is -2.33. The molecule has 0 spiro atoms. The number of piperazine rings is 1. The van der Waals surface area contributed by atoms with Crippen molar-refractivity contribution in [1.82, 2.24) is 0 Å². The minimum Gasteiger partial charge on any atom is -0.358 e. The average molecular weight is 384 g/mol. The van der Waals surface area contributed by atoms with E-state index in [2.05, 4.69) is 21.5 Å². The minimum absolute atomic E-state index is 0.269. The number of quaternary nitrogens is 1. The molecule has 0 saturated carbocycles. The van der Waals surface area contributed by atoms with Crippen LogP contribution in [0.25, 0.3) is 0 Å². The number of nitriles is 1. The first-order valence-electron chi connectivity index (χ1n) is 9.38. The fourth-order valence-corrected chi connectivity index (χ4v) is 3.27. The Bertz CT molecular complexity index is 865. The van der Waals surface area contributed by atoms with Crippen molar-refractivity contribution in [1.29, 1.82) is 5.26 Å². The lowest BCUT2D eigenvalue weighted by molar-refractivity contribution is -0.900. The van der Waals surface area contributed by atoms with E-state index in [0.717, 1.165) is 32.7 Å². The summed E-state index contributed by atoms with van der Waals surface area (Å²) in [4.78, 5) is 3.45. The Morgan fingerprint density at radius 2 is 1.89 bits per heavy atom. The smallest absolute Gasteiger partial charge is 0.147 e. The summed E-state index contributed by atoms with van der Waals surface area (Å²) in [6.07, 6.45) is 0.558. The van der Waals surface area contributed by atoms with E-state index in [1.807, 2.05) is 6.07 Å². The molecule has 0 atom stereocenters. The van der Waals surface area contributed by atoms with Crippen molar-refractivity contribution in [2.24, 2.45) is 5.10 Å². The standard InChI is InChI=1S/C21H23F2N5/c1-16(25-26-19-6-4-18(22)5-7-19)17-3-8-21(20(23)15-17)28-13-11-27(12-14-28)10-2-9-24/h3-8,15,26H,2,10-14H2,1H3/p+1/b25-16-. The molecule has 7 heteroatoms. The fourth-order valence-electron chi connectivity index (χ4n) is 3.27. The normalized spacial score (nSPS) is 15.4. The maximum absolute atomic E-state index is 14.7. The molecule has 0 aliphatic carbocycles. The van der Waals surface area contributed by atoms with Crippen LogP contribution in [0.15, 0.2) is 47.6 Å². The number of hydrogen-bond acceptors (Lipinski definition) is 4. The predicted octanol–water partition coefficient (Wildman–Crippen LogP) is 2.42. The predicted molar refractivity (Wildman–Crippen MR) is 107 cm³/mol. The second-order valence-corrected chi connectivity index (χ2v) is 6.88. The highest BCUT2D eigenvalue weighted by Crippen LogP contribution is 2.21. The zero-order chi connectivity index (χ0) is 19.9. The molecule has 0 aromatic heterocycles. The van der Waals surface area contributed by atoms with Gasteiger partial charge in [-0.05, 0) is 43.3 Å². The molecule has 0 radical (unpaired) electrons. The fraction of sp³-hybridized carbons (Fsp3) is 0.333. The maximum atomic E-state index is 14.7. The number of anilines is 2. The van der Waals surface area contributed by atoms with E-state index < -0.39 is 0 Å². The molecule has 1 aliphatic rings. The van der Waals surface area contributed by atoms with Crippen molar-refractivity contribution in [3.05, 3.63) is 59.7 Å². The van der Waals surface area contributed by atoms with Gasteiger partial charge in [-0.3, -0.25) is 5.43 Å². The number of nitrogens with one attached hydrogen (secondary N) is 2. The zero-order valence-electron chi connectivity index (χ0n) is 15.9. The Balaban J connectivity index is 1.63. The third-order valence-electron chi connectivity index (χ3n) is 4.96. The van der Waals surface area contributed by atoms with Crippen LogP contribution in [-0.2, 0) is 0 Å². The van der Waals surface area contributed by atoms with Crippen LogP contribution in [0.1, 0.15) is 18.9 Å². The molecule has 28 heavy (non-hydrogen) atoms. The highest BCUT2D eigenvalue weighted by molar-refractivity contribution is 5.99. The van der Waals surface area contributed by atoms with Crippen LogP contribution in [0.2, 0.25) is 0 Å². The summed E-state index contributed by atoms with van der Waals surface area (Å²) < 4.78 is 27.6. The van der Waals surface area contributed by atoms with Crippen LogP contribution in [0.4, 0.5) is 20.2 Å². The first kappa shape index (κ1) is 19.8. The van der Waals surface area contributed by atoms with Crippen LogP contribution in [0, 0.1) is 23.0 Å². The number of hydrogen-bond donors (Lipinski definition) is 2. The molecule has 0 amide bonds. The third-order valence-corrected chi connectivity index (χ3v) is 4.96. The molecule has 1 aliphatic heterocycles. The van der Waals surface area contributed by atoms with Crippen LogP contribution in [0.3, 0.4) is 0 Å². The van der Waals surface area contributed by atoms with Gasteiger partial charge < -0.3 is 9.80 Å². The molecule has 0 unspecified atom stereocenters. The summed E-state index contributed by atoms with van der Waals surface area (Å²) in [5.41, 5.74) is 5.44. The summed E-state index contributed by atoms with van der Waals surface area (Å²) >= 11 is 0. The van der Waals surface area contributed by atoms with E-state index in [4.69, 9.17) is 5.26 Å². The van der Waals surface area contributed by atoms with Crippen molar-refractivity contribution in [3.63, 3.8) is 0 Å². The summed E-state index contributed by atoms with van der Waals surface area (Å²) in [6.45, 7) is 6.01. The van der Waals surface area contributed by atoms with E-state index in [1.165, 1.54) is 23.1 Å². The van der Waals surface area contributed by atoms with Gasteiger partial charge in [0.15, 0.2) is 0 Å². The van der Waals surface area contributed by atoms with Gasteiger partial charge in [-0.1, -0.05) is 6.07 Å². The Morgan fingerprint density at radius 1 is 1.18 bits per heavy atom. The van der Waals surface area contributed by atoms with Crippen LogP contribution in [-0.4, -0.2) is 38.4 Å². The van der Waals surface area contributed by atoms with Crippen LogP contribution >= 0.6 is 0 Å². The molecular weight excluding hydrogens is 360 g/mol. The molecule has 0 bridgehead atoms. The number of rotatable bonds is 6. The van der Waals surface area contributed by atoms with E-state index in [-0.39, 0.29) is 11.6 Å². The SMILES string of the molecule is C/C(=N/Nc1ccc(F)cc1)c1ccc(N2CC[NH+](CCC#N)CC2)c(F)c1. The van der Waals surface area contributed by atoms with E-state index >= 15 is 0 Å². The Morgan fingerprint density at radius 3 is 2.54 bits per heavy atom. The van der Waals surface area contributed by atoms with Crippen LogP contribution < -0.4 is 15.2 Å². The highest BCUT2D eigenvalue weighted by atomic mass is 19.1. The van der Waals surface area contributed by atoms with E-state index in [1.54, 1.807) is 25.1 Å². The van der Waals surface area contributed by atoms with Crippen molar-refractivity contribution < 1.29 is 13.7 Å². The summed E-state index contributed by atoms with van der Waals surface area (Å²) in [5.74, 6) is -0.578. The quantitative estimate of drug-likeness (QED) is 0.594. The van der Waals surface area contributed by atoms with Crippen LogP contribution in [0.5, 0.6) is 0 Å². The van der Waals surface area contributed by atoms with Crippen molar-refractivity contribution in [2.45, 2.75) is 13.3 Å². The maximum Gasteiger partial charge on any atom is 0.147 e. The molecule has 1 saturated heterocycles. The first-order valence-corrected chi connectivity index (χ1v) is 9.38. The Labute approximate surface area is 163 Å². The number of hydrazone groups is 1. The molecule has 1 heterocycles. The minimum atomic E-state index is -0.309. The van der Waals surface area contributed by atoms with Gasteiger partial charge in [-0.25, -0.2) is 8.78 Å². The molecule has 3 rings (SSSR count). The summed E-state index contributed by atoms with van der Waals surface area (Å²) in [7, 11) is 0. The van der Waals surface area contributed by atoms with Gasteiger partial charge in [0.25, 0.3) is 0 Å². The summed E-state index contributed by atoms with van der Waals surface area (Å²) in [6, 6.07) is 13.2. The molecule has 1 fully saturated rings. The highest BCUT2D eigenvalue weighted by Gasteiger charge is 2.22. The summed E-state index contributed by atoms with van der Waals surface area (Å²) in [5, 5.41) is 12.9. The zero-order valence-corrected chi connectivity index (χ0v) is 15.9. The average Bonchev–Trinajstić information content (AvgIpc) is 2.72.